The van der Waals surface area contributed by atoms with Crippen LogP contribution in [0, 0.1) is 5.92 Å². The van der Waals surface area contributed by atoms with Gasteiger partial charge in [0.25, 0.3) is 0 Å². The number of hydrogen-bond acceptors (Lipinski definition) is 22. The van der Waals surface area contributed by atoms with Gasteiger partial charge in [-0.1, -0.05) is 13.8 Å². The number of nitrogens with two attached hydrogens (primary N) is 4. The van der Waals surface area contributed by atoms with Crippen molar-refractivity contribution in [1.29, 1.82) is 0 Å². The van der Waals surface area contributed by atoms with Crippen LogP contribution in [0.25, 0.3) is 0 Å². The number of thiol groups is 1. The topological polar surface area (TPSA) is 679 Å². The van der Waals surface area contributed by atoms with Crippen LogP contribution in [-0.4, -0.2) is 253 Å². The molecular weight excluding hydrogens is 1280 g/mol. The first-order valence-corrected chi connectivity index (χ1v) is 30.2. The van der Waals surface area contributed by atoms with Crippen molar-refractivity contribution in [3.8, 4) is 0 Å². The van der Waals surface area contributed by atoms with Crippen molar-refractivity contribution in [2.75, 3.05) is 45.1 Å². The predicted molar refractivity (Wildman–Crippen MR) is 332 cm³/mol. The number of aromatic amines is 1. The third kappa shape index (κ3) is 31.5. The molecule has 0 aliphatic carbocycles. The molecule has 0 aromatic carbocycles. The molecule has 1 aliphatic rings. The van der Waals surface area contributed by atoms with Crippen molar-refractivity contribution in [2.45, 2.75) is 157 Å². The molecule has 1 aliphatic heterocycles. The lowest BCUT2D eigenvalue weighted by Crippen LogP contribution is -2.61. The minimum absolute atomic E-state index is 0.00555. The highest BCUT2D eigenvalue weighted by molar-refractivity contribution is 7.80. The quantitative estimate of drug-likeness (QED) is 0.0125. The zero-order valence-corrected chi connectivity index (χ0v) is 52.8. The largest absolute Gasteiger partial charge is 0.481 e. The van der Waals surface area contributed by atoms with E-state index in [1.165, 1.54) is 12.5 Å². The molecule has 0 saturated carbocycles. The second-order valence-corrected chi connectivity index (χ2v) is 22.2. The molecule has 1 aromatic rings. The SMILES string of the molecule is CC(C)C[C@H](NC(=O)CNC(=O)[C@H](CC(=O)O)NC(=O)[C@H](CO)NC(=O)[C@H](CC(=O)O)NC(=O)[C@H](CO)NC(=O)[C@H](CS)NC(=O)[C@H](CCCN=C(N)N)NC(=O)[C@H](CCC(=O)O)NC(=O)[C@H](CCCN=C(N)N)NC(=O)[C@H](Cc1cnc[nH]1)NC(=O)[C@@H]1CCCN1)C(=O)O. The first-order valence-electron chi connectivity index (χ1n) is 29.6. The maximum atomic E-state index is 14.2. The van der Waals surface area contributed by atoms with Crippen LogP contribution < -0.4 is 86.7 Å². The van der Waals surface area contributed by atoms with Crippen LogP contribution in [0.4, 0.5) is 0 Å². The van der Waals surface area contributed by atoms with Crippen LogP contribution in [0.3, 0.4) is 0 Å². The summed E-state index contributed by atoms with van der Waals surface area (Å²) in [5, 5.41) is 86.0. The van der Waals surface area contributed by atoms with Crippen LogP contribution in [0.1, 0.15) is 90.2 Å². The van der Waals surface area contributed by atoms with Gasteiger partial charge in [-0.05, 0) is 63.8 Å². The monoisotopic (exact) mass is 1370 g/mol. The van der Waals surface area contributed by atoms with Gasteiger partial charge in [-0.2, -0.15) is 12.6 Å². The van der Waals surface area contributed by atoms with Crippen LogP contribution in [0.15, 0.2) is 22.5 Å². The van der Waals surface area contributed by atoms with Crippen molar-refractivity contribution < 1.29 is 103 Å². The summed E-state index contributed by atoms with van der Waals surface area (Å²) in [6, 6.07) is -18.4. The fraction of sp³-hybridized carbons (Fsp3) is 0.623. The first kappa shape index (κ1) is 81.1. The summed E-state index contributed by atoms with van der Waals surface area (Å²) in [6.07, 6.45) is -0.523. The average Bonchev–Trinajstić information content (AvgIpc) is 1.97. The van der Waals surface area contributed by atoms with Gasteiger partial charge >= 0.3 is 23.9 Å². The van der Waals surface area contributed by atoms with Gasteiger partial charge in [0.15, 0.2) is 11.9 Å². The van der Waals surface area contributed by atoms with Crippen LogP contribution in [-0.2, 0) is 78.3 Å². The number of nitrogens with one attached hydrogen (secondary N) is 13. The number of nitrogens with zero attached hydrogens (tertiary/aromatic N) is 3. The van der Waals surface area contributed by atoms with E-state index in [0.717, 1.165) is 0 Å². The first-order chi connectivity index (χ1) is 44.8. The Hall–Kier alpha value is -9.97. The van der Waals surface area contributed by atoms with E-state index in [2.05, 4.69) is 75.1 Å². The predicted octanol–water partition coefficient (Wildman–Crippen LogP) is -10.4. The van der Waals surface area contributed by atoms with Gasteiger partial charge in [0.1, 0.15) is 60.4 Å². The van der Waals surface area contributed by atoms with Gasteiger partial charge in [0.05, 0.1) is 45.0 Å². The molecular formula is C53H86N20O21S. The number of aromatic nitrogens is 2. The van der Waals surface area contributed by atoms with E-state index >= 15 is 0 Å². The molecule has 0 radical (unpaired) electrons. The Morgan fingerprint density at radius 3 is 1.40 bits per heavy atom. The van der Waals surface area contributed by atoms with Crippen LogP contribution in [0.2, 0.25) is 0 Å². The van der Waals surface area contributed by atoms with E-state index < -0.39 is 207 Å². The molecule has 2 heterocycles. The van der Waals surface area contributed by atoms with Gasteiger partial charge in [-0.25, -0.2) is 9.78 Å². The molecule has 1 aromatic heterocycles. The molecule has 42 heteroatoms. The Bertz CT molecular complexity index is 2890. The minimum atomic E-state index is -2.19. The molecule has 0 spiro atoms. The molecule has 0 bridgehead atoms. The fourth-order valence-corrected chi connectivity index (χ4v) is 9.10. The number of carbonyl (C=O) groups is 15. The second-order valence-electron chi connectivity index (χ2n) is 21.9. The number of rotatable bonds is 45. The van der Waals surface area contributed by atoms with Gasteiger partial charge in [-0.15, -0.1) is 0 Å². The van der Waals surface area contributed by atoms with Crippen LogP contribution >= 0.6 is 12.6 Å². The van der Waals surface area contributed by atoms with E-state index in [0.29, 0.717) is 25.1 Å². The molecule has 95 heavy (non-hydrogen) atoms. The number of carboxylic acid groups (broad SMARTS) is 4. The number of imidazole rings is 1. The average molecular weight is 1370 g/mol. The number of aliphatic carboxylic acids is 4. The molecule has 2 rings (SSSR count). The Morgan fingerprint density at radius 2 is 0.989 bits per heavy atom. The summed E-state index contributed by atoms with van der Waals surface area (Å²) in [7, 11) is 0. The molecule has 0 unspecified atom stereocenters. The number of aliphatic imine (C=N–C) groups is 2. The lowest BCUT2D eigenvalue weighted by Gasteiger charge is -2.27. The lowest BCUT2D eigenvalue weighted by atomic mass is 10.0. The van der Waals surface area contributed by atoms with Crippen molar-refractivity contribution >= 4 is 113 Å². The fourth-order valence-electron chi connectivity index (χ4n) is 8.84. The van der Waals surface area contributed by atoms with Gasteiger partial charge in [0.2, 0.25) is 65.0 Å². The summed E-state index contributed by atoms with van der Waals surface area (Å²) in [5.41, 5.74) is 22.3. The Labute approximate surface area is 547 Å². The zero-order valence-electron chi connectivity index (χ0n) is 51.9. The van der Waals surface area contributed by atoms with Crippen molar-refractivity contribution in [1.82, 2.24) is 73.8 Å². The highest BCUT2D eigenvalue weighted by Gasteiger charge is 2.37. The number of hydrogen-bond donors (Lipinski definition) is 24. The highest BCUT2D eigenvalue weighted by Crippen LogP contribution is 2.11. The molecule has 11 amide bonds. The normalized spacial score (nSPS) is 15.6. The summed E-state index contributed by atoms with van der Waals surface area (Å²) in [4.78, 5) is 211. The van der Waals surface area contributed by atoms with Crippen LogP contribution in [0.5, 0.6) is 0 Å². The maximum Gasteiger partial charge on any atom is 0.326 e. The van der Waals surface area contributed by atoms with E-state index in [1.54, 1.807) is 13.8 Å². The number of aliphatic hydroxyl groups excluding tert-OH is 2. The Balaban J connectivity index is 2.36. The molecule has 27 N–H and O–H groups in total. The standard InChI is InChI=1S/C53H86N20O21S/c1-24(2)14-33(51(93)94)64-37(76)19-62-41(83)31(16-39(79)80)69-48(90)34(20-74)71-47(89)32(17-40(81)82)70-49(91)35(21-75)72-50(92)36(22-95)73-44(86)28(8-5-13-61-53(56)57)65-45(87)29(9-10-38(77)78)67-43(85)27(7-4-12-60-52(54)55)66-46(88)30(15-25-18-58-23-63-25)68-42(84)26-6-3-11-59-26/h18,23-24,26-36,59,74-75,95H,3-17,19-22H2,1-2H3,(H,58,63)(H,62,83)(H,64,76)(H,65,87)(H,66,88)(H,67,85)(H,68,84)(H,69,90)(H,70,91)(H,71,89)(H,72,92)(H,73,86)(H,77,78)(H,79,80)(H,81,82)(H,93,94)(H4,54,55,60)(H4,56,57,61)/t26-,27-,28-,29-,30-,31-,32-,33-,34-,35-,36-/m0/s1. The summed E-state index contributed by atoms with van der Waals surface area (Å²) in [5.74, 6) is -20.4. The van der Waals surface area contributed by atoms with Gasteiger partial charge in [0, 0.05) is 43.6 Å². The Kier molecular flexibility index (Phi) is 36.1. The van der Waals surface area contributed by atoms with E-state index in [9.17, 15) is 103 Å². The maximum absolute atomic E-state index is 14.2. The summed E-state index contributed by atoms with van der Waals surface area (Å²) in [6.45, 7) is 0.234. The highest BCUT2D eigenvalue weighted by atomic mass is 32.1. The summed E-state index contributed by atoms with van der Waals surface area (Å²) >= 11 is 4.11. The third-order valence-electron chi connectivity index (χ3n) is 13.7. The smallest absolute Gasteiger partial charge is 0.326 e. The van der Waals surface area contributed by atoms with Crippen molar-refractivity contribution in [3.05, 3.63) is 18.2 Å². The molecule has 11 atom stereocenters. The molecule has 41 nitrogen and oxygen atoms in total. The number of guanidine groups is 2. The number of H-pyrrole nitrogens is 1. The number of aliphatic hydroxyl groups is 2. The van der Waals surface area contributed by atoms with E-state index in [4.69, 9.17) is 22.9 Å². The van der Waals surface area contributed by atoms with E-state index in [1.807, 2.05) is 21.3 Å². The van der Waals surface area contributed by atoms with Gasteiger partial charge < -0.3 is 122 Å². The zero-order chi connectivity index (χ0) is 71.5. The van der Waals surface area contributed by atoms with Crippen molar-refractivity contribution in [2.24, 2.45) is 38.8 Å². The number of carboxylic acids is 4. The van der Waals surface area contributed by atoms with Crippen molar-refractivity contribution in [3.63, 3.8) is 0 Å². The molecule has 530 valence electrons. The molecule has 1 fully saturated rings. The number of carbonyl (C=O) groups excluding carboxylic acids is 11. The van der Waals surface area contributed by atoms with Gasteiger partial charge in [-0.3, -0.25) is 77.1 Å². The summed E-state index contributed by atoms with van der Waals surface area (Å²) < 4.78 is 0. The second kappa shape index (κ2) is 42.3. The minimum Gasteiger partial charge on any atom is -0.481 e. The third-order valence-corrected chi connectivity index (χ3v) is 14.0. The lowest BCUT2D eigenvalue weighted by molar-refractivity contribution is -0.143. The Morgan fingerprint density at radius 1 is 0.558 bits per heavy atom. The number of amides is 11. The molecule has 1 saturated heterocycles. The van der Waals surface area contributed by atoms with E-state index in [-0.39, 0.29) is 69.5 Å².